The van der Waals surface area contributed by atoms with Crippen LogP contribution in [0, 0.1) is 17.5 Å². The molecule has 2 aromatic carbocycles. The molecule has 2 amide bonds. The number of hydrogen-bond donors (Lipinski definition) is 2. The lowest BCUT2D eigenvalue weighted by Crippen LogP contribution is -2.41. The fraction of sp³-hybridized carbons (Fsp3) is 0.346. The number of ether oxygens (including phenoxy) is 1. The lowest BCUT2D eigenvalue weighted by atomic mass is 10.1. The minimum absolute atomic E-state index is 0.0151. The number of anilines is 1. The van der Waals surface area contributed by atoms with E-state index in [1.165, 1.54) is 41.4 Å². The van der Waals surface area contributed by atoms with Crippen molar-refractivity contribution in [2.45, 2.75) is 38.1 Å². The van der Waals surface area contributed by atoms with E-state index < -0.39 is 29.6 Å². The molecule has 36 heavy (non-hydrogen) atoms. The fourth-order valence-corrected chi connectivity index (χ4v) is 3.74. The number of nitrogens with one attached hydrogen (secondary N) is 1. The average Bonchev–Trinajstić information content (AvgIpc) is 2.86. The van der Waals surface area contributed by atoms with Crippen LogP contribution >= 0.6 is 0 Å². The van der Waals surface area contributed by atoms with Gasteiger partial charge in [0.25, 0.3) is 0 Å². The Labute approximate surface area is 206 Å². The van der Waals surface area contributed by atoms with Crippen molar-refractivity contribution in [2.75, 3.05) is 25.6 Å². The number of halogens is 3. The first kappa shape index (κ1) is 26.9. The highest BCUT2D eigenvalue weighted by atomic mass is 19.2. The Bertz CT molecular complexity index is 1210. The van der Waals surface area contributed by atoms with Gasteiger partial charge in [-0.05, 0) is 67.0 Å². The second kappa shape index (κ2) is 12.9. The Hall–Kier alpha value is -3.66. The predicted molar refractivity (Wildman–Crippen MR) is 129 cm³/mol. The maximum absolute atomic E-state index is 13.9. The molecule has 10 heteroatoms. The zero-order valence-electron chi connectivity index (χ0n) is 19.8. The number of unbranched alkanes of at least 4 members (excludes halogenated alkanes) is 1. The molecule has 1 atom stereocenters. The molecule has 0 aliphatic heterocycles. The summed E-state index contributed by atoms with van der Waals surface area (Å²) >= 11 is 0. The number of rotatable bonds is 11. The Balaban J connectivity index is 1.58. The second-order valence-electron chi connectivity index (χ2n) is 8.38. The van der Waals surface area contributed by atoms with Crippen LogP contribution in [0.4, 0.5) is 23.8 Å². The number of aryl methyl sites for hydroxylation is 1. The Morgan fingerprint density at radius 1 is 1.11 bits per heavy atom. The van der Waals surface area contributed by atoms with Gasteiger partial charge in [-0.25, -0.2) is 22.9 Å². The molecule has 0 aliphatic rings. The number of benzene rings is 2. The molecule has 1 heterocycles. The van der Waals surface area contributed by atoms with Gasteiger partial charge in [0.05, 0.1) is 6.04 Å². The van der Waals surface area contributed by atoms with Crippen LogP contribution < -0.4 is 5.32 Å². The number of pyridine rings is 1. The van der Waals surface area contributed by atoms with Gasteiger partial charge in [-0.2, -0.15) is 0 Å². The number of carbonyl (C=O) groups excluding carboxylic acids is 2. The molecule has 0 spiro atoms. The van der Waals surface area contributed by atoms with Crippen LogP contribution in [-0.2, 0) is 16.0 Å². The van der Waals surface area contributed by atoms with Gasteiger partial charge in [-0.3, -0.25) is 10.1 Å². The Morgan fingerprint density at radius 3 is 2.69 bits per heavy atom. The molecule has 3 aromatic rings. The number of aromatic nitrogens is 1. The molecule has 0 fully saturated rings. The maximum atomic E-state index is 13.9. The zero-order valence-corrected chi connectivity index (χ0v) is 19.8. The number of carbonyl (C=O) groups is 2. The van der Waals surface area contributed by atoms with Crippen LogP contribution in [0.5, 0.6) is 0 Å². The standard InChI is InChI=1S/C26H28F3N3O4/c1-32(24(34)11-9-17-5-4-7-22(28)25(17)29)21(6-2-3-12-33)16-36-26(35)31-23-14-19-13-20(27)10-8-18(19)15-30-23/h4-5,7-8,10,13-15,21,33H,2-3,6,9,11-12,16H2,1H3,(H,30,31,35)/t21-/m0/s1. The van der Waals surface area contributed by atoms with E-state index in [0.717, 1.165) is 6.07 Å². The maximum Gasteiger partial charge on any atom is 0.412 e. The highest BCUT2D eigenvalue weighted by Gasteiger charge is 2.22. The topological polar surface area (TPSA) is 91.8 Å². The van der Waals surface area contributed by atoms with E-state index in [1.54, 1.807) is 13.1 Å². The first-order chi connectivity index (χ1) is 17.3. The summed E-state index contributed by atoms with van der Waals surface area (Å²) in [6.07, 6.45) is 2.21. The first-order valence-corrected chi connectivity index (χ1v) is 11.6. The van der Waals surface area contributed by atoms with E-state index in [1.807, 2.05) is 0 Å². The predicted octanol–water partition coefficient (Wildman–Crippen LogP) is 4.82. The van der Waals surface area contributed by atoms with E-state index in [0.29, 0.717) is 30.0 Å². The molecule has 0 radical (unpaired) electrons. The van der Waals surface area contributed by atoms with Crippen molar-refractivity contribution < 1.29 is 32.6 Å². The van der Waals surface area contributed by atoms with Gasteiger partial charge in [0, 0.05) is 31.7 Å². The number of fused-ring (bicyclic) bond motifs is 1. The summed E-state index contributed by atoms with van der Waals surface area (Å²) in [5, 5.41) is 12.8. The fourth-order valence-electron chi connectivity index (χ4n) is 3.74. The van der Waals surface area contributed by atoms with Gasteiger partial charge in [0.15, 0.2) is 11.6 Å². The summed E-state index contributed by atoms with van der Waals surface area (Å²) in [6.45, 7) is -0.144. The smallest absolute Gasteiger partial charge is 0.412 e. The monoisotopic (exact) mass is 503 g/mol. The van der Waals surface area contributed by atoms with Crippen molar-refractivity contribution in [3.05, 3.63) is 71.7 Å². The summed E-state index contributed by atoms with van der Waals surface area (Å²) < 4.78 is 46.1. The number of amides is 2. The molecule has 0 bridgehead atoms. The summed E-state index contributed by atoms with van der Waals surface area (Å²) in [5.74, 6) is -2.51. The molecule has 0 unspecified atom stereocenters. The van der Waals surface area contributed by atoms with E-state index in [4.69, 9.17) is 9.84 Å². The average molecular weight is 504 g/mol. The molecule has 7 nitrogen and oxygen atoms in total. The lowest BCUT2D eigenvalue weighted by molar-refractivity contribution is -0.133. The number of hydrogen-bond acceptors (Lipinski definition) is 5. The van der Waals surface area contributed by atoms with Crippen molar-refractivity contribution in [1.82, 2.24) is 9.88 Å². The minimum atomic E-state index is -0.975. The van der Waals surface area contributed by atoms with Crippen molar-refractivity contribution in [3.63, 3.8) is 0 Å². The third-order valence-corrected chi connectivity index (χ3v) is 5.85. The largest absolute Gasteiger partial charge is 0.447 e. The third-order valence-electron chi connectivity index (χ3n) is 5.85. The van der Waals surface area contributed by atoms with Crippen molar-refractivity contribution in [3.8, 4) is 0 Å². The van der Waals surface area contributed by atoms with Crippen molar-refractivity contribution in [1.29, 1.82) is 0 Å². The highest BCUT2D eigenvalue weighted by molar-refractivity contribution is 5.89. The van der Waals surface area contributed by atoms with Gasteiger partial charge in [0.2, 0.25) is 5.91 Å². The molecule has 0 saturated carbocycles. The molecule has 3 rings (SSSR count). The van der Waals surface area contributed by atoms with Gasteiger partial charge in [-0.15, -0.1) is 0 Å². The SMILES string of the molecule is CN(C(=O)CCc1cccc(F)c1F)[C@@H](CCCCO)COC(=O)Nc1cc2cc(F)ccc2cn1. The van der Waals surface area contributed by atoms with Crippen molar-refractivity contribution in [2.24, 2.45) is 0 Å². The van der Waals surface area contributed by atoms with Crippen molar-refractivity contribution >= 4 is 28.6 Å². The number of nitrogens with zero attached hydrogens (tertiary/aromatic N) is 2. The Morgan fingerprint density at radius 2 is 1.92 bits per heavy atom. The first-order valence-electron chi connectivity index (χ1n) is 11.6. The summed E-state index contributed by atoms with van der Waals surface area (Å²) in [6, 6.07) is 9.05. The van der Waals surface area contributed by atoms with E-state index in [-0.39, 0.29) is 43.3 Å². The van der Waals surface area contributed by atoms with Crippen LogP contribution in [0.25, 0.3) is 10.8 Å². The molecule has 2 N–H and O–H groups in total. The molecule has 0 aliphatic carbocycles. The van der Waals surface area contributed by atoms with Gasteiger partial charge in [-0.1, -0.05) is 12.1 Å². The van der Waals surface area contributed by atoms with Crippen LogP contribution in [-0.4, -0.2) is 53.3 Å². The summed E-state index contributed by atoms with van der Waals surface area (Å²) in [4.78, 5) is 30.6. The molecule has 0 saturated heterocycles. The van der Waals surface area contributed by atoms with E-state index in [2.05, 4.69) is 10.3 Å². The van der Waals surface area contributed by atoms with Crippen LogP contribution in [0.15, 0.2) is 48.7 Å². The number of aliphatic hydroxyl groups is 1. The van der Waals surface area contributed by atoms with Crippen LogP contribution in [0.3, 0.4) is 0 Å². The lowest BCUT2D eigenvalue weighted by Gasteiger charge is -2.28. The normalized spacial score (nSPS) is 11.8. The number of likely N-dealkylation sites (N-methyl/N-ethyl adjacent to an activating group) is 1. The Kier molecular flexibility index (Phi) is 9.63. The molecular weight excluding hydrogens is 475 g/mol. The van der Waals surface area contributed by atoms with Crippen LogP contribution in [0.1, 0.15) is 31.2 Å². The molecule has 1 aromatic heterocycles. The summed E-state index contributed by atoms with van der Waals surface area (Å²) in [7, 11) is 1.55. The molecular formula is C26H28F3N3O4. The minimum Gasteiger partial charge on any atom is -0.447 e. The second-order valence-corrected chi connectivity index (χ2v) is 8.38. The van der Waals surface area contributed by atoms with E-state index >= 15 is 0 Å². The zero-order chi connectivity index (χ0) is 26.1. The molecule has 192 valence electrons. The highest BCUT2D eigenvalue weighted by Crippen LogP contribution is 2.19. The van der Waals surface area contributed by atoms with Gasteiger partial charge < -0.3 is 14.7 Å². The number of aliphatic hydroxyl groups excluding tert-OH is 1. The quantitative estimate of drug-likeness (QED) is 0.366. The van der Waals surface area contributed by atoms with Gasteiger partial charge >= 0.3 is 6.09 Å². The van der Waals surface area contributed by atoms with Gasteiger partial charge in [0.1, 0.15) is 18.2 Å². The third kappa shape index (κ3) is 7.42. The summed E-state index contributed by atoms with van der Waals surface area (Å²) in [5.41, 5.74) is 0.104. The van der Waals surface area contributed by atoms with Crippen LogP contribution in [0.2, 0.25) is 0 Å². The van der Waals surface area contributed by atoms with E-state index in [9.17, 15) is 22.8 Å².